The summed E-state index contributed by atoms with van der Waals surface area (Å²) in [4.78, 5) is 0. The average molecular weight is 320 g/mol. The zero-order valence-corrected chi connectivity index (χ0v) is 14.4. The van der Waals surface area contributed by atoms with Gasteiger partial charge in [0, 0.05) is 11.8 Å². The van der Waals surface area contributed by atoms with Crippen LogP contribution in [0.1, 0.15) is 49.3 Å². The average Bonchev–Trinajstić information content (AvgIpc) is 2.55. The number of hydrogen-bond donors (Lipinski definition) is 2. The van der Waals surface area contributed by atoms with Gasteiger partial charge in [-0.05, 0) is 40.3 Å². The highest BCUT2D eigenvalue weighted by atomic mass is 16.3. The first-order chi connectivity index (χ1) is 11.3. The van der Waals surface area contributed by atoms with Gasteiger partial charge in [0.25, 0.3) is 0 Å². The monoisotopic (exact) mass is 320 g/mol. The second-order valence-corrected chi connectivity index (χ2v) is 7.44. The van der Waals surface area contributed by atoms with Crippen molar-refractivity contribution in [2.75, 3.05) is 0 Å². The molecule has 0 aromatic heterocycles. The molecule has 0 aliphatic heterocycles. The summed E-state index contributed by atoms with van der Waals surface area (Å²) in [6, 6.07) is 13.2. The van der Waals surface area contributed by atoms with Crippen LogP contribution in [0.3, 0.4) is 0 Å². The van der Waals surface area contributed by atoms with Crippen molar-refractivity contribution < 1.29 is 10.2 Å². The third kappa shape index (κ3) is 3.38. The Morgan fingerprint density at radius 3 is 1.75 bits per heavy atom. The van der Waals surface area contributed by atoms with Gasteiger partial charge in [0.05, 0.1) is 0 Å². The first-order valence-electron chi connectivity index (χ1n) is 8.33. The Balaban J connectivity index is 1.83. The van der Waals surface area contributed by atoms with Gasteiger partial charge < -0.3 is 10.2 Å². The predicted molar refractivity (Wildman–Crippen MR) is 98.7 cm³/mol. The first-order valence-corrected chi connectivity index (χ1v) is 8.33. The van der Waals surface area contributed by atoms with Gasteiger partial charge in [-0.25, -0.2) is 0 Å². The van der Waals surface area contributed by atoms with Crippen LogP contribution in [0.4, 0.5) is 0 Å². The van der Waals surface area contributed by atoms with Gasteiger partial charge in [-0.15, -0.1) is 0 Å². The summed E-state index contributed by atoms with van der Waals surface area (Å²) in [6.07, 6.45) is 8.80. The van der Waals surface area contributed by atoms with Crippen LogP contribution in [0.15, 0.2) is 66.8 Å². The summed E-state index contributed by atoms with van der Waals surface area (Å²) in [5.41, 5.74) is 3.24. The Kier molecular flexibility index (Phi) is 4.23. The molecule has 2 aromatic carbocycles. The lowest BCUT2D eigenvalue weighted by Gasteiger charge is -2.23. The highest BCUT2D eigenvalue weighted by Crippen LogP contribution is 2.36. The van der Waals surface area contributed by atoms with Crippen LogP contribution in [-0.2, 0) is 5.41 Å². The van der Waals surface area contributed by atoms with E-state index < -0.39 is 0 Å². The van der Waals surface area contributed by atoms with E-state index in [0.717, 1.165) is 5.56 Å². The van der Waals surface area contributed by atoms with Gasteiger partial charge in [-0.2, -0.15) is 0 Å². The van der Waals surface area contributed by atoms with Crippen LogP contribution in [0.5, 0.6) is 11.5 Å². The topological polar surface area (TPSA) is 40.5 Å². The van der Waals surface area contributed by atoms with Crippen molar-refractivity contribution in [3.05, 3.63) is 83.5 Å². The summed E-state index contributed by atoms with van der Waals surface area (Å²) in [7, 11) is 0. The summed E-state index contributed by atoms with van der Waals surface area (Å²) in [6.45, 7) is 6.33. The molecule has 0 fully saturated rings. The molecule has 1 aliphatic rings. The van der Waals surface area contributed by atoms with Crippen LogP contribution in [-0.4, -0.2) is 10.2 Å². The largest absolute Gasteiger partial charge is 0.508 e. The summed E-state index contributed by atoms with van der Waals surface area (Å²) in [5, 5.41) is 19.5. The molecule has 0 unspecified atom stereocenters. The second-order valence-electron chi connectivity index (χ2n) is 7.44. The summed E-state index contributed by atoms with van der Waals surface area (Å²) >= 11 is 0. The molecule has 0 heterocycles. The molecule has 0 saturated heterocycles. The molecule has 0 amide bonds. The van der Waals surface area contributed by atoms with Gasteiger partial charge in [0.2, 0.25) is 0 Å². The fraction of sp³-hybridized carbons (Fsp3) is 0.273. The Morgan fingerprint density at radius 1 is 0.708 bits per heavy atom. The van der Waals surface area contributed by atoms with Crippen molar-refractivity contribution in [1.29, 1.82) is 0 Å². The molecule has 3 rings (SSSR count). The van der Waals surface area contributed by atoms with E-state index in [1.54, 1.807) is 18.2 Å². The molecule has 2 nitrogen and oxygen atoms in total. The number of phenols is 2. The van der Waals surface area contributed by atoms with Crippen molar-refractivity contribution in [3.63, 3.8) is 0 Å². The van der Waals surface area contributed by atoms with E-state index in [4.69, 9.17) is 0 Å². The molecule has 0 saturated carbocycles. The van der Waals surface area contributed by atoms with Crippen LogP contribution < -0.4 is 0 Å². The van der Waals surface area contributed by atoms with Gasteiger partial charge in [-0.1, -0.05) is 69.3 Å². The zero-order chi connectivity index (χ0) is 17.3. The third-order valence-electron chi connectivity index (χ3n) is 4.54. The van der Waals surface area contributed by atoms with Crippen molar-refractivity contribution >= 4 is 0 Å². The van der Waals surface area contributed by atoms with Crippen LogP contribution in [0, 0.1) is 0 Å². The molecule has 0 bridgehead atoms. The Hall–Kier alpha value is -2.48. The maximum Gasteiger partial charge on any atom is 0.119 e. The first kappa shape index (κ1) is 16.4. The molecular weight excluding hydrogens is 296 g/mol. The van der Waals surface area contributed by atoms with Gasteiger partial charge in [0.15, 0.2) is 0 Å². The van der Waals surface area contributed by atoms with Gasteiger partial charge in [-0.3, -0.25) is 0 Å². The molecule has 2 N–H and O–H groups in total. The zero-order valence-electron chi connectivity index (χ0n) is 14.4. The standard InChI is InChI=1S/C22H24O2/c1-22(2,3)20-14-18(10-13-21(20)24)17-6-4-15(5-7-17)16-8-11-19(23)12-9-16/h4-15,17,23-24H,1-3H3. The quantitative estimate of drug-likeness (QED) is 0.728. The highest BCUT2D eigenvalue weighted by molar-refractivity contribution is 5.45. The van der Waals surface area contributed by atoms with Crippen LogP contribution >= 0.6 is 0 Å². The molecule has 0 atom stereocenters. The number of hydrogen-bond acceptors (Lipinski definition) is 2. The van der Waals surface area contributed by atoms with Gasteiger partial charge in [0.1, 0.15) is 11.5 Å². The molecule has 2 aromatic rings. The number of phenolic OH excluding ortho intramolecular Hbond substituents is 2. The summed E-state index contributed by atoms with van der Waals surface area (Å²) in [5.74, 6) is 1.11. The highest BCUT2D eigenvalue weighted by Gasteiger charge is 2.20. The predicted octanol–water partition coefficient (Wildman–Crippen LogP) is 5.39. The number of aromatic hydroxyl groups is 2. The molecule has 24 heavy (non-hydrogen) atoms. The van der Waals surface area contributed by atoms with Crippen LogP contribution in [0.25, 0.3) is 0 Å². The minimum atomic E-state index is -0.0865. The smallest absolute Gasteiger partial charge is 0.119 e. The van der Waals surface area contributed by atoms with E-state index in [0.29, 0.717) is 11.5 Å². The second kappa shape index (κ2) is 6.20. The van der Waals surface area contributed by atoms with E-state index in [-0.39, 0.29) is 17.3 Å². The minimum absolute atomic E-state index is 0.0865. The van der Waals surface area contributed by atoms with Crippen molar-refractivity contribution in [2.24, 2.45) is 0 Å². The van der Waals surface area contributed by atoms with E-state index in [1.807, 2.05) is 18.2 Å². The van der Waals surface area contributed by atoms with Gasteiger partial charge >= 0.3 is 0 Å². The molecule has 1 aliphatic carbocycles. The minimum Gasteiger partial charge on any atom is -0.508 e. The normalized spacial score (nSPS) is 20.3. The molecule has 124 valence electrons. The fourth-order valence-electron chi connectivity index (χ4n) is 3.11. The molecule has 0 radical (unpaired) electrons. The molecule has 0 spiro atoms. The SMILES string of the molecule is CC(C)(C)c1cc(C2C=CC(c3ccc(O)cc3)C=C2)ccc1O. The number of benzene rings is 2. The van der Waals surface area contributed by atoms with Crippen molar-refractivity contribution in [1.82, 2.24) is 0 Å². The van der Waals surface area contributed by atoms with Crippen LogP contribution in [0.2, 0.25) is 0 Å². The number of allylic oxidation sites excluding steroid dienone is 4. The Labute approximate surface area is 143 Å². The van der Waals surface area contributed by atoms with Crippen molar-refractivity contribution in [2.45, 2.75) is 38.0 Å². The summed E-state index contributed by atoms with van der Waals surface area (Å²) < 4.78 is 0. The maximum atomic E-state index is 10.1. The van der Waals surface area contributed by atoms with E-state index >= 15 is 0 Å². The lowest BCUT2D eigenvalue weighted by atomic mass is 9.82. The molecular formula is C22H24O2. The van der Waals surface area contributed by atoms with E-state index in [1.165, 1.54) is 11.1 Å². The lowest BCUT2D eigenvalue weighted by Crippen LogP contribution is -2.12. The Bertz CT molecular complexity index is 763. The Morgan fingerprint density at radius 2 is 1.21 bits per heavy atom. The van der Waals surface area contributed by atoms with E-state index in [9.17, 15) is 10.2 Å². The fourth-order valence-corrected chi connectivity index (χ4v) is 3.11. The lowest BCUT2D eigenvalue weighted by molar-refractivity contribution is 0.446. The molecule has 2 heteroatoms. The third-order valence-corrected chi connectivity index (χ3v) is 4.54. The number of rotatable bonds is 2. The van der Waals surface area contributed by atoms with Crippen molar-refractivity contribution in [3.8, 4) is 11.5 Å². The maximum absolute atomic E-state index is 10.1. The van der Waals surface area contributed by atoms with E-state index in [2.05, 4.69) is 51.1 Å².